The van der Waals surface area contributed by atoms with Crippen LogP contribution in [-0.4, -0.2) is 19.9 Å². The zero-order valence-corrected chi connectivity index (χ0v) is 10.3. The van der Waals surface area contributed by atoms with E-state index in [2.05, 4.69) is 10.2 Å². The molecule has 6 heteroatoms. The number of aryl methyl sites for hydroxylation is 1. The summed E-state index contributed by atoms with van der Waals surface area (Å²) in [5.74, 6) is -0.364. The molecule has 1 atom stereocenters. The molecule has 2 aromatic rings. The van der Waals surface area contributed by atoms with Gasteiger partial charge < -0.3 is 9.67 Å². The van der Waals surface area contributed by atoms with Crippen LogP contribution in [0.25, 0.3) is 0 Å². The third-order valence-electron chi connectivity index (χ3n) is 2.31. The van der Waals surface area contributed by atoms with Crippen LogP contribution < -0.4 is 0 Å². The van der Waals surface area contributed by atoms with Crippen molar-refractivity contribution in [2.24, 2.45) is 7.05 Å². The molecule has 0 saturated carbocycles. The summed E-state index contributed by atoms with van der Waals surface area (Å²) >= 11 is 1.16. The smallest absolute Gasteiger partial charge is 0.195 e. The number of hydrogen-bond donors (Lipinski definition) is 1. The van der Waals surface area contributed by atoms with Gasteiger partial charge >= 0.3 is 0 Å². The minimum Gasteiger partial charge on any atom is -0.389 e. The van der Waals surface area contributed by atoms with Crippen molar-refractivity contribution in [3.63, 3.8) is 0 Å². The Kier molecular flexibility index (Phi) is 3.44. The van der Waals surface area contributed by atoms with Gasteiger partial charge in [-0.15, -0.1) is 10.2 Å². The van der Waals surface area contributed by atoms with E-state index < -0.39 is 6.10 Å². The third-order valence-corrected chi connectivity index (χ3v) is 3.50. The van der Waals surface area contributed by atoms with Gasteiger partial charge in [-0.05, 0) is 30.3 Å². The molecule has 0 radical (unpaired) electrons. The molecule has 4 nitrogen and oxygen atoms in total. The van der Waals surface area contributed by atoms with Gasteiger partial charge in [0.2, 0.25) is 0 Å². The molecule has 0 spiro atoms. The van der Waals surface area contributed by atoms with Crippen molar-refractivity contribution in [3.8, 4) is 0 Å². The van der Waals surface area contributed by atoms with Gasteiger partial charge in [-0.1, -0.05) is 12.1 Å². The normalized spacial score (nSPS) is 12.7. The van der Waals surface area contributed by atoms with E-state index in [1.54, 1.807) is 37.0 Å². The fourth-order valence-electron chi connectivity index (χ4n) is 1.42. The third kappa shape index (κ3) is 2.48. The van der Waals surface area contributed by atoms with E-state index in [1.807, 2.05) is 0 Å². The highest BCUT2D eigenvalue weighted by atomic mass is 32.2. The maximum Gasteiger partial charge on any atom is 0.195 e. The predicted molar refractivity (Wildman–Crippen MR) is 62.2 cm³/mol. The highest BCUT2D eigenvalue weighted by Gasteiger charge is 2.15. The SMILES string of the molecule is CC(O)c1cccc(F)c1Sc1nncn1C. The van der Waals surface area contributed by atoms with Crippen LogP contribution in [0, 0.1) is 5.82 Å². The Hall–Kier alpha value is -1.40. The van der Waals surface area contributed by atoms with Gasteiger partial charge in [0.1, 0.15) is 12.1 Å². The van der Waals surface area contributed by atoms with E-state index in [4.69, 9.17) is 0 Å². The van der Waals surface area contributed by atoms with Gasteiger partial charge in [0.15, 0.2) is 5.16 Å². The van der Waals surface area contributed by atoms with Crippen LogP contribution in [-0.2, 0) is 7.05 Å². The Morgan fingerprint density at radius 3 is 2.82 bits per heavy atom. The number of hydrogen-bond acceptors (Lipinski definition) is 4. The van der Waals surface area contributed by atoms with E-state index >= 15 is 0 Å². The zero-order valence-electron chi connectivity index (χ0n) is 9.46. The zero-order chi connectivity index (χ0) is 12.4. The summed E-state index contributed by atoms with van der Waals surface area (Å²) in [6.07, 6.45) is 0.826. The number of benzene rings is 1. The lowest BCUT2D eigenvalue weighted by molar-refractivity contribution is 0.195. The molecule has 1 heterocycles. The minimum atomic E-state index is -0.721. The molecule has 1 unspecified atom stereocenters. The average Bonchev–Trinajstić information content (AvgIpc) is 2.67. The van der Waals surface area contributed by atoms with Crippen molar-refractivity contribution in [1.82, 2.24) is 14.8 Å². The predicted octanol–water partition coefficient (Wildman–Crippen LogP) is 2.16. The van der Waals surface area contributed by atoms with Crippen LogP contribution in [0.4, 0.5) is 4.39 Å². The molecule has 0 fully saturated rings. The summed E-state index contributed by atoms with van der Waals surface area (Å²) in [6, 6.07) is 4.65. The Labute approximate surface area is 102 Å². The maximum absolute atomic E-state index is 13.7. The summed E-state index contributed by atoms with van der Waals surface area (Å²) in [4.78, 5) is 0.388. The summed E-state index contributed by atoms with van der Waals surface area (Å²) < 4.78 is 15.4. The molecule has 1 N–H and O–H groups in total. The molecular formula is C11H12FN3OS. The second-order valence-electron chi connectivity index (χ2n) is 3.66. The number of nitrogens with zero attached hydrogens (tertiary/aromatic N) is 3. The molecule has 0 aliphatic carbocycles. The fraction of sp³-hybridized carbons (Fsp3) is 0.273. The van der Waals surface area contributed by atoms with Gasteiger partial charge in [0, 0.05) is 7.05 Å². The van der Waals surface area contributed by atoms with E-state index in [9.17, 15) is 9.50 Å². The molecule has 1 aromatic heterocycles. The van der Waals surface area contributed by atoms with Crippen molar-refractivity contribution >= 4 is 11.8 Å². The van der Waals surface area contributed by atoms with Crippen molar-refractivity contribution < 1.29 is 9.50 Å². The van der Waals surface area contributed by atoms with E-state index in [0.29, 0.717) is 15.6 Å². The quantitative estimate of drug-likeness (QED) is 0.910. The first-order valence-corrected chi connectivity index (χ1v) is 5.89. The monoisotopic (exact) mass is 253 g/mol. The molecule has 0 saturated heterocycles. The van der Waals surface area contributed by atoms with Gasteiger partial charge in [-0.2, -0.15) is 0 Å². The van der Waals surface area contributed by atoms with E-state index in [1.165, 1.54) is 6.07 Å². The number of halogens is 1. The largest absolute Gasteiger partial charge is 0.389 e. The van der Waals surface area contributed by atoms with Crippen molar-refractivity contribution in [3.05, 3.63) is 35.9 Å². The molecular weight excluding hydrogens is 241 g/mol. The minimum absolute atomic E-state index is 0.364. The van der Waals surface area contributed by atoms with Crippen LogP contribution in [0.2, 0.25) is 0 Å². The molecule has 0 bridgehead atoms. The van der Waals surface area contributed by atoms with Gasteiger partial charge in [0.05, 0.1) is 11.0 Å². The van der Waals surface area contributed by atoms with Crippen molar-refractivity contribution in [2.45, 2.75) is 23.1 Å². The Morgan fingerprint density at radius 2 is 2.24 bits per heavy atom. The van der Waals surface area contributed by atoms with Gasteiger partial charge in [-0.3, -0.25) is 0 Å². The highest BCUT2D eigenvalue weighted by Crippen LogP contribution is 2.33. The maximum atomic E-state index is 13.7. The second-order valence-corrected chi connectivity index (χ2v) is 4.64. The molecule has 0 aliphatic rings. The summed E-state index contributed by atoms with van der Waals surface area (Å²) in [6.45, 7) is 1.61. The summed E-state index contributed by atoms with van der Waals surface area (Å²) in [5.41, 5.74) is 0.554. The standard InChI is InChI=1S/C11H12FN3OS/c1-7(16)8-4-3-5-9(12)10(8)17-11-14-13-6-15(11)2/h3-7,16H,1-2H3. The van der Waals surface area contributed by atoms with Crippen LogP contribution in [0.15, 0.2) is 34.6 Å². The van der Waals surface area contributed by atoms with Crippen LogP contribution in [0.5, 0.6) is 0 Å². The van der Waals surface area contributed by atoms with E-state index in [-0.39, 0.29) is 5.82 Å². The molecule has 0 aliphatic heterocycles. The Morgan fingerprint density at radius 1 is 1.47 bits per heavy atom. The second kappa shape index (κ2) is 4.85. The first-order chi connectivity index (χ1) is 8.09. The molecule has 0 amide bonds. The highest BCUT2D eigenvalue weighted by molar-refractivity contribution is 7.99. The van der Waals surface area contributed by atoms with Crippen molar-refractivity contribution in [1.29, 1.82) is 0 Å². The summed E-state index contributed by atoms with van der Waals surface area (Å²) in [5, 5.41) is 17.8. The number of aromatic nitrogens is 3. The summed E-state index contributed by atoms with van der Waals surface area (Å²) in [7, 11) is 1.78. The lowest BCUT2D eigenvalue weighted by atomic mass is 10.1. The van der Waals surface area contributed by atoms with Crippen molar-refractivity contribution in [2.75, 3.05) is 0 Å². The number of rotatable bonds is 3. The number of aliphatic hydroxyl groups excluding tert-OH is 1. The molecule has 90 valence electrons. The first-order valence-electron chi connectivity index (χ1n) is 5.08. The van der Waals surface area contributed by atoms with Gasteiger partial charge in [-0.25, -0.2) is 4.39 Å². The van der Waals surface area contributed by atoms with Gasteiger partial charge in [0.25, 0.3) is 0 Å². The lowest BCUT2D eigenvalue weighted by Crippen LogP contribution is -1.98. The first kappa shape index (κ1) is 12.1. The Bertz CT molecular complexity index is 527. The van der Waals surface area contributed by atoms with Crippen LogP contribution in [0.3, 0.4) is 0 Å². The topological polar surface area (TPSA) is 50.9 Å². The Balaban J connectivity index is 2.41. The number of aliphatic hydroxyl groups is 1. The van der Waals surface area contributed by atoms with E-state index in [0.717, 1.165) is 11.8 Å². The van der Waals surface area contributed by atoms with Crippen LogP contribution >= 0.6 is 11.8 Å². The molecule has 17 heavy (non-hydrogen) atoms. The molecule has 2 rings (SSSR count). The average molecular weight is 253 g/mol. The van der Waals surface area contributed by atoms with Crippen LogP contribution in [0.1, 0.15) is 18.6 Å². The molecule has 1 aromatic carbocycles. The fourth-order valence-corrected chi connectivity index (χ4v) is 2.40. The lowest BCUT2D eigenvalue weighted by Gasteiger charge is -2.11.